The summed E-state index contributed by atoms with van der Waals surface area (Å²) in [5.74, 6) is -0.165. The van der Waals surface area contributed by atoms with Gasteiger partial charge >= 0.3 is 5.97 Å². The zero-order valence-corrected chi connectivity index (χ0v) is 17.9. The van der Waals surface area contributed by atoms with Crippen LogP contribution in [0.15, 0.2) is 0 Å². The maximum absolute atomic E-state index is 11.3. The van der Waals surface area contributed by atoms with Crippen LogP contribution in [-0.4, -0.2) is 17.8 Å². The van der Waals surface area contributed by atoms with Gasteiger partial charge in [-0.1, -0.05) is 71.1 Å². The Morgan fingerprint density at radius 2 is 1.35 bits per heavy atom. The van der Waals surface area contributed by atoms with Crippen molar-refractivity contribution in [3.05, 3.63) is 0 Å². The van der Waals surface area contributed by atoms with E-state index in [0.29, 0.717) is 6.61 Å². The molecule has 0 aromatic rings. The standard InChI is InChI=1S/C16H32O2S.La/c1-3-5-6-7-8-9-10-11-12-13-14-15(19)16(17)18-4-2;/h15,19H,3-14H2,1-2H3;. The van der Waals surface area contributed by atoms with E-state index in [4.69, 9.17) is 4.74 Å². The summed E-state index contributed by atoms with van der Waals surface area (Å²) in [4.78, 5) is 11.3. The number of esters is 1. The molecule has 0 N–H and O–H groups in total. The maximum Gasteiger partial charge on any atom is 0.318 e. The van der Waals surface area contributed by atoms with E-state index in [9.17, 15) is 4.79 Å². The Morgan fingerprint density at radius 3 is 1.80 bits per heavy atom. The third kappa shape index (κ3) is 15.4. The van der Waals surface area contributed by atoms with Gasteiger partial charge in [0.15, 0.2) is 0 Å². The van der Waals surface area contributed by atoms with E-state index >= 15 is 0 Å². The molecule has 4 heteroatoms. The minimum absolute atomic E-state index is 0. The molecule has 0 saturated carbocycles. The van der Waals surface area contributed by atoms with E-state index in [1.54, 1.807) is 0 Å². The van der Waals surface area contributed by atoms with Gasteiger partial charge in [-0.2, -0.15) is 12.6 Å². The van der Waals surface area contributed by atoms with Crippen molar-refractivity contribution in [1.29, 1.82) is 0 Å². The van der Waals surface area contributed by atoms with Gasteiger partial charge in [0.05, 0.1) is 11.9 Å². The molecular weight excluding hydrogens is 395 g/mol. The molecule has 2 nitrogen and oxygen atoms in total. The SMILES string of the molecule is CCCCCCCCCCCCC(S)C(=O)OCC.[La]. The van der Waals surface area contributed by atoms with E-state index in [0.717, 1.165) is 12.8 Å². The quantitative estimate of drug-likeness (QED) is 0.250. The molecule has 1 radical (unpaired) electrons. The Labute approximate surface area is 159 Å². The monoisotopic (exact) mass is 427 g/mol. The molecule has 0 aromatic heterocycles. The predicted octanol–water partition coefficient (Wildman–Crippen LogP) is 5.16. The van der Waals surface area contributed by atoms with Crippen LogP contribution in [0.4, 0.5) is 0 Å². The van der Waals surface area contributed by atoms with E-state index < -0.39 is 0 Å². The van der Waals surface area contributed by atoms with E-state index in [-0.39, 0.29) is 46.8 Å². The molecule has 0 amide bonds. The fourth-order valence-electron chi connectivity index (χ4n) is 2.18. The Balaban J connectivity index is 0. The summed E-state index contributed by atoms with van der Waals surface area (Å²) >= 11 is 4.28. The average Bonchev–Trinajstić information content (AvgIpc) is 2.41. The number of carbonyl (C=O) groups is 1. The first-order valence-electron chi connectivity index (χ1n) is 8.07. The number of hydrogen-bond acceptors (Lipinski definition) is 3. The molecule has 0 saturated heterocycles. The van der Waals surface area contributed by atoms with Gasteiger partial charge in [-0.15, -0.1) is 0 Å². The molecule has 1 atom stereocenters. The topological polar surface area (TPSA) is 26.3 Å². The third-order valence-corrected chi connectivity index (χ3v) is 3.86. The van der Waals surface area contributed by atoms with Crippen LogP contribution in [0, 0.1) is 35.6 Å². The van der Waals surface area contributed by atoms with Crippen molar-refractivity contribution in [3.8, 4) is 0 Å². The van der Waals surface area contributed by atoms with Crippen molar-refractivity contribution < 1.29 is 45.1 Å². The second-order valence-electron chi connectivity index (χ2n) is 5.24. The Morgan fingerprint density at radius 1 is 0.900 bits per heavy atom. The van der Waals surface area contributed by atoms with Crippen LogP contribution in [0.3, 0.4) is 0 Å². The largest absolute Gasteiger partial charge is 0.465 e. The first-order chi connectivity index (χ1) is 9.22. The van der Waals surface area contributed by atoms with E-state index in [1.807, 2.05) is 6.92 Å². The van der Waals surface area contributed by atoms with Crippen LogP contribution in [0.25, 0.3) is 0 Å². The molecule has 117 valence electrons. The van der Waals surface area contributed by atoms with Crippen LogP contribution in [-0.2, 0) is 9.53 Å². The first kappa shape index (κ1) is 23.3. The van der Waals surface area contributed by atoms with Crippen molar-refractivity contribution in [2.24, 2.45) is 0 Å². The summed E-state index contributed by atoms with van der Waals surface area (Å²) in [6.07, 6.45) is 14.0. The minimum Gasteiger partial charge on any atom is -0.465 e. The fraction of sp³-hybridized carbons (Fsp3) is 0.938. The Bertz CT molecular complexity index is 213. The average molecular weight is 427 g/mol. The number of ether oxygens (including phenoxy) is 1. The van der Waals surface area contributed by atoms with Crippen molar-refractivity contribution in [3.63, 3.8) is 0 Å². The number of hydrogen-bond donors (Lipinski definition) is 1. The van der Waals surface area contributed by atoms with Crippen molar-refractivity contribution in [2.45, 2.75) is 89.7 Å². The van der Waals surface area contributed by atoms with E-state index in [2.05, 4.69) is 19.6 Å². The molecule has 0 aliphatic heterocycles. The van der Waals surface area contributed by atoms with Crippen LogP contribution in [0.5, 0.6) is 0 Å². The Kier molecular flexibility index (Phi) is 21.0. The van der Waals surface area contributed by atoms with Gasteiger partial charge < -0.3 is 4.74 Å². The summed E-state index contributed by atoms with van der Waals surface area (Å²) in [6, 6.07) is 0. The van der Waals surface area contributed by atoms with Crippen molar-refractivity contribution in [2.75, 3.05) is 6.61 Å². The molecule has 0 rings (SSSR count). The van der Waals surface area contributed by atoms with Gasteiger partial charge in [0, 0.05) is 35.6 Å². The molecule has 0 aliphatic rings. The summed E-state index contributed by atoms with van der Waals surface area (Å²) < 4.78 is 4.93. The van der Waals surface area contributed by atoms with Crippen LogP contribution in [0.2, 0.25) is 0 Å². The maximum atomic E-state index is 11.3. The third-order valence-electron chi connectivity index (χ3n) is 3.39. The van der Waals surface area contributed by atoms with Crippen LogP contribution in [0.1, 0.15) is 84.5 Å². The van der Waals surface area contributed by atoms with Crippen LogP contribution < -0.4 is 0 Å². The van der Waals surface area contributed by atoms with Gasteiger partial charge in [0.2, 0.25) is 0 Å². The second kappa shape index (κ2) is 18.1. The van der Waals surface area contributed by atoms with Crippen molar-refractivity contribution >= 4 is 18.6 Å². The van der Waals surface area contributed by atoms with Gasteiger partial charge in [-0.25, -0.2) is 0 Å². The molecule has 0 heterocycles. The zero-order valence-electron chi connectivity index (χ0n) is 13.4. The smallest absolute Gasteiger partial charge is 0.318 e. The first-order valence-corrected chi connectivity index (χ1v) is 8.58. The molecule has 1 unspecified atom stereocenters. The van der Waals surface area contributed by atoms with Gasteiger partial charge in [0.25, 0.3) is 0 Å². The summed E-state index contributed by atoms with van der Waals surface area (Å²) in [6.45, 7) is 4.54. The zero-order chi connectivity index (χ0) is 14.3. The molecule has 0 bridgehead atoms. The molecule has 0 aliphatic carbocycles. The number of unbranched alkanes of at least 4 members (excludes halogenated alkanes) is 9. The molecule has 0 aromatic carbocycles. The van der Waals surface area contributed by atoms with Crippen LogP contribution >= 0.6 is 12.6 Å². The molecule has 20 heavy (non-hydrogen) atoms. The number of carbonyl (C=O) groups excluding carboxylic acids is 1. The fourth-order valence-corrected chi connectivity index (χ4v) is 2.44. The van der Waals surface area contributed by atoms with Gasteiger partial charge in [-0.3, -0.25) is 4.79 Å². The summed E-state index contributed by atoms with van der Waals surface area (Å²) in [7, 11) is 0. The molecule has 0 spiro atoms. The number of thiol groups is 1. The minimum atomic E-state index is -0.228. The normalized spacial score (nSPS) is 11.8. The summed E-state index contributed by atoms with van der Waals surface area (Å²) in [5.41, 5.74) is 0. The second-order valence-corrected chi connectivity index (χ2v) is 5.86. The van der Waals surface area contributed by atoms with Gasteiger partial charge in [0.1, 0.15) is 0 Å². The molecule has 0 fully saturated rings. The van der Waals surface area contributed by atoms with E-state index in [1.165, 1.54) is 57.8 Å². The number of rotatable bonds is 13. The van der Waals surface area contributed by atoms with Gasteiger partial charge in [-0.05, 0) is 13.3 Å². The predicted molar refractivity (Wildman–Crippen MR) is 85.9 cm³/mol. The van der Waals surface area contributed by atoms with Crippen molar-refractivity contribution in [1.82, 2.24) is 0 Å². The summed E-state index contributed by atoms with van der Waals surface area (Å²) in [5, 5.41) is -0.228. The Hall–Kier alpha value is 1.01. The molecular formula is C16H32LaO2S.